The second-order valence-electron chi connectivity index (χ2n) is 6.48. The van der Waals surface area contributed by atoms with E-state index in [1.807, 2.05) is 22.2 Å². The van der Waals surface area contributed by atoms with Gasteiger partial charge >= 0.3 is 0 Å². The number of ketones is 1. The summed E-state index contributed by atoms with van der Waals surface area (Å²) >= 11 is 1.63. The van der Waals surface area contributed by atoms with Gasteiger partial charge in [-0.2, -0.15) is 0 Å². The molecule has 0 saturated heterocycles. The molecule has 2 aromatic heterocycles. The van der Waals surface area contributed by atoms with Gasteiger partial charge in [-0.1, -0.05) is 0 Å². The number of carbonyl (C=O) groups is 1. The highest BCUT2D eigenvalue weighted by atomic mass is 32.1. The van der Waals surface area contributed by atoms with E-state index < -0.39 is 0 Å². The van der Waals surface area contributed by atoms with Crippen LogP contribution in [0.1, 0.15) is 25.0 Å². The number of nitrogens with zero attached hydrogens (tertiary/aromatic N) is 2. The summed E-state index contributed by atoms with van der Waals surface area (Å²) in [6.45, 7) is 0. The quantitative estimate of drug-likeness (QED) is 0.861. The van der Waals surface area contributed by atoms with E-state index in [0.29, 0.717) is 18.1 Å². The van der Waals surface area contributed by atoms with E-state index in [1.165, 1.54) is 19.3 Å². The lowest BCUT2D eigenvalue weighted by Crippen LogP contribution is -2.12. The molecule has 3 nitrogen and oxygen atoms in total. The summed E-state index contributed by atoms with van der Waals surface area (Å²) in [5.74, 6) is 4.14. The Bertz CT molecular complexity index is 628. The molecule has 3 aliphatic rings. The van der Waals surface area contributed by atoms with Crippen LogP contribution in [-0.2, 0) is 11.2 Å². The molecule has 98 valence electrons. The second-order valence-corrected chi connectivity index (χ2v) is 7.35. The zero-order valence-electron chi connectivity index (χ0n) is 10.7. The first-order valence-corrected chi connectivity index (χ1v) is 8.13. The van der Waals surface area contributed by atoms with Crippen molar-refractivity contribution >= 4 is 22.1 Å². The van der Waals surface area contributed by atoms with Gasteiger partial charge in [-0.25, -0.2) is 4.98 Å². The number of rotatable bonds is 3. The lowest BCUT2D eigenvalue weighted by molar-refractivity contribution is -0.120. The Labute approximate surface area is 115 Å². The normalized spacial score (nSPS) is 38.8. The van der Waals surface area contributed by atoms with Gasteiger partial charge in [0, 0.05) is 23.7 Å². The van der Waals surface area contributed by atoms with Gasteiger partial charge < -0.3 is 0 Å². The van der Waals surface area contributed by atoms with E-state index >= 15 is 0 Å². The molecule has 2 aromatic rings. The first-order chi connectivity index (χ1) is 9.31. The Hall–Kier alpha value is -1.16. The van der Waals surface area contributed by atoms with Crippen LogP contribution in [0, 0.1) is 29.6 Å². The molecule has 4 heteroatoms. The third-order valence-corrected chi connectivity index (χ3v) is 6.38. The highest BCUT2D eigenvalue weighted by Gasteiger charge is 2.66. The van der Waals surface area contributed by atoms with Crippen LogP contribution in [0.25, 0.3) is 4.96 Å². The summed E-state index contributed by atoms with van der Waals surface area (Å²) < 4.78 is 2.02. The summed E-state index contributed by atoms with van der Waals surface area (Å²) in [6, 6.07) is 0. The van der Waals surface area contributed by atoms with Gasteiger partial charge in [0.15, 0.2) is 4.96 Å². The molecule has 0 spiro atoms. The lowest BCUT2D eigenvalue weighted by Gasteiger charge is -2.06. The molecule has 2 bridgehead atoms. The Kier molecular flexibility index (Phi) is 1.94. The van der Waals surface area contributed by atoms with Crippen LogP contribution in [-0.4, -0.2) is 15.2 Å². The minimum atomic E-state index is 0.394. The van der Waals surface area contributed by atoms with Crippen molar-refractivity contribution in [2.24, 2.45) is 29.6 Å². The molecule has 0 N–H and O–H groups in total. The third-order valence-electron chi connectivity index (χ3n) is 5.61. The van der Waals surface area contributed by atoms with E-state index in [2.05, 4.69) is 4.98 Å². The number of fused-ring (bicyclic) bond motifs is 6. The molecule has 4 unspecified atom stereocenters. The molecule has 0 aliphatic heterocycles. The van der Waals surface area contributed by atoms with Gasteiger partial charge in [0.1, 0.15) is 5.78 Å². The molecule has 0 aromatic carbocycles. The monoisotopic (exact) mass is 272 g/mol. The van der Waals surface area contributed by atoms with Crippen molar-refractivity contribution in [1.82, 2.24) is 9.38 Å². The largest absolute Gasteiger partial charge is 0.299 e. The van der Waals surface area contributed by atoms with Crippen molar-refractivity contribution < 1.29 is 4.79 Å². The highest BCUT2D eigenvalue weighted by molar-refractivity contribution is 7.15. The molecular formula is C15H16N2OS. The Morgan fingerprint density at radius 3 is 2.89 bits per heavy atom. The number of Topliss-reactive ketones (excluding diaryl/α,β-unsaturated/α-hetero) is 1. The van der Waals surface area contributed by atoms with Crippen molar-refractivity contribution in [3.05, 3.63) is 23.5 Å². The Morgan fingerprint density at radius 1 is 1.37 bits per heavy atom. The smallest absolute Gasteiger partial charge is 0.193 e. The molecule has 2 heterocycles. The van der Waals surface area contributed by atoms with Gasteiger partial charge in [-0.3, -0.25) is 9.20 Å². The summed E-state index contributed by atoms with van der Waals surface area (Å²) in [7, 11) is 0. The maximum Gasteiger partial charge on any atom is 0.193 e. The minimum Gasteiger partial charge on any atom is -0.299 e. The number of imidazole rings is 1. The van der Waals surface area contributed by atoms with Crippen LogP contribution in [0.5, 0.6) is 0 Å². The average Bonchev–Trinajstić information content (AvgIpc) is 2.84. The molecule has 0 amide bonds. The number of carbonyl (C=O) groups excluding carboxylic acids is 1. The van der Waals surface area contributed by atoms with Crippen LogP contribution in [0.15, 0.2) is 17.8 Å². The molecule has 3 fully saturated rings. The van der Waals surface area contributed by atoms with Crippen molar-refractivity contribution in [3.63, 3.8) is 0 Å². The van der Waals surface area contributed by atoms with E-state index in [4.69, 9.17) is 0 Å². The van der Waals surface area contributed by atoms with Crippen molar-refractivity contribution in [2.75, 3.05) is 0 Å². The predicted octanol–water partition coefficient (Wildman–Crippen LogP) is 2.80. The molecule has 3 saturated carbocycles. The van der Waals surface area contributed by atoms with E-state index in [0.717, 1.165) is 34.3 Å². The third kappa shape index (κ3) is 1.38. The molecule has 3 aliphatic carbocycles. The Balaban J connectivity index is 1.35. The minimum absolute atomic E-state index is 0.394. The maximum absolute atomic E-state index is 12.5. The zero-order chi connectivity index (χ0) is 12.6. The fourth-order valence-electron chi connectivity index (χ4n) is 4.91. The molecule has 5 rings (SSSR count). The van der Waals surface area contributed by atoms with E-state index in [9.17, 15) is 4.79 Å². The molecular weight excluding hydrogens is 256 g/mol. The van der Waals surface area contributed by atoms with Gasteiger partial charge in [0.25, 0.3) is 0 Å². The van der Waals surface area contributed by atoms with Crippen LogP contribution < -0.4 is 0 Å². The van der Waals surface area contributed by atoms with Crippen LogP contribution in [0.2, 0.25) is 0 Å². The van der Waals surface area contributed by atoms with Gasteiger partial charge in [-0.15, -0.1) is 11.3 Å². The maximum atomic E-state index is 12.5. The fourth-order valence-corrected chi connectivity index (χ4v) is 5.63. The SMILES string of the molecule is O=C(Cc1cn2ccsc2n1)C1C2C3CCC(C3)C12. The summed E-state index contributed by atoms with van der Waals surface area (Å²) in [6.07, 6.45) is 8.75. The Morgan fingerprint density at radius 2 is 2.16 bits per heavy atom. The summed E-state index contributed by atoms with van der Waals surface area (Å²) in [5.41, 5.74) is 0.953. The van der Waals surface area contributed by atoms with Crippen molar-refractivity contribution in [2.45, 2.75) is 25.7 Å². The summed E-state index contributed by atoms with van der Waals surface area (Å²) in [5, 5.41) is 2.02. The van der Waals surface area contributed by atoms with Gasteiger partial charge in [0.05, 0.1) is 12.1 Å². The standard InChI is InChI=1S/C15H16N2OS/c18-11(6-10-7-17-3-4-19-15(17)16-10)14-12-8-1-2-9(5-8)13(12)14/h3-4,7-9,12-14H,1-2,5-6H2. The molecule has 4 atom stereocenters. The number of hydrogen-bond donors (Lipinski definition) is 0. The number of thiazole rings is 1. The van der Waals surface area contributed by atoms with E-state index in [-0.39, 0.29) is 0 Å². The topological polar surface area (TPSA) is 34.4 Å². The summed E-state index contributed by atoms with van der Waals surface area (Å²) in [4.78, 5) is 18.0. The van der Waals surface area contributed by atoms with Crippen LogP contribution in [0.3, 0.4) is 0 Å². The van der Waals surface area contributed by atoms with Gasteiger partial charge in [0.2, 0.25) is 0 Å². The fraction of sp³-hybridized carbons (Fsp3) is 0.600. The highest BCUT2D eigenvalue weighted by Crippen LogP contribution is 2.69. The first-order valence-electron chi connectivity index (χ1n) is 7.25. The number of hydrogen-bond acceptors (Lipinski definition) is 3. The molecule has 0 radical (unpaired) electrons. The van der Waals surface area contributed by atoms with Crippen LogP contribution >= 0.6 is 11.3 Å². The van der Waals surface area contributed by atoms with Crippen LogP contribution in [0.4, 0.5) is 0 Å². The second kappa shape index (κ2) is 3.48. The van der Waals surface area contributed by atoms with Gasteiger partial charge in [-0.05, 0) is 42.9 Å². The average molecular weight is 272 g/mol. The zero-order valence-corrected chi connectivity index (χ0v) is 11.5. The van der Waals surface area contributed by atoms with Crippen molar-refractivity contribution in [3.8, 4) is 0 Å². The first kappa shape index (κ1) is 10.6. The van der Waals surface area contributed by atoms with Crippen molar-refractivity contribution in [1.29, 1.82) is 0 Å². The number of aromatic nitrogens is 2. The predicted molar refractivity (Wildman–Crippen MR) is 73.1 cm³/mol. The van der Waals surface area contributed by atoms with E-state index in [1.54, 1.807) is 11.3 Å². The lowest BCUT2D eigenvalue weighted by atomic mass is 9.98. The molecule has 19 heavy (non-hydrogen) atoms.